The SMILES string of the molecule is COC1(C(=O)O)CN(C(=O)OCc2ccccc2)C1. The largest absolute Gasteiger partial charge is 0.479 e. The molecule has 0 atom stereocenters. The van der Waals surface area contributed by atoms with Gasteiger partial charge >= 0.3 is 12.1 Å². The van der Waals surface area contributed by atoms with Gasteiger partial charge in [0.15, 0.2) is 5.60 Å². The number of amides is 1. The zero-order chi connectivity index (χ0) is 13.9. The number of carbonyl (C=O) groups excluding carboxylic acids is 1. The Morgan fingerprint density at radius 2 is 1.95 bits per heavy atom. The molecule has 1 heterocycles. The summed E-state index contributed by atoms with van der Waals surface area (Å²) in [6.07, 6.45) is -0.530. The van der Waals surface area contributed by atoms with Gasteiger partial charge in [-0.3, -0.25) is 0 Å². The van der Waals surface area contributed by atoms with Gasteiger partial charge in [-0.1, -0.05) is 30.3 Å². The molecule has 0 aromatic heterocycles. The molecule has 1 aromatic rings. The van der Waals surface area contributed by atoms with E-state index < -0.39 is 17.7 Å². The third-order valence-electron chi connectivity index (χ3n) is 3.14. The van der Waals surface area contributed by atoms with Crippen LogP contribution in [-0.2, 0) is 20.9 Å². The number of carbonyl (C=O) groups is 2. The summed E-state index contributed by atoms with van der Waals surface area (Å²) in [6.45, 7) is 0.183. The minimum absolute atomic E-state index is 0.00641. The minimum Gasteiger partial charge on any atom is -0.479 e. The lowest BCUT2D eigenvalue weighted by molar-refractivity contribution is -0.181. The van der Waals surface area contributed by atoms with Crippen molar-refractivity contribution >= 4 is 12.1 Å². The average molecular weight is 265 g/mol. The lowest BCUT2D eigenvalue weighted by Gasteiger charge is -2.44. The Bertz CT molecular complexity index is 467. The molecule has 0 radical (unpaired) electrons. The fourth-order valence-corrected chi connectivity index (χ4v) is 1.86. The molecule has 0 saturated carbocycles. The normalized spacial score (nSPS) is 16.6. The second-order valence-electron chi connectivity index (χ2n) is 4.40. The van der Waals surface area contributed by atoms with Gasteiger partial charge < -0.3 is 19.5 Å². The predicted molar refractivity (Wildman–Crippen MR) is 65.6 cm³/mol. The highest BCUT2D eigenvalue weighted by atomic mass is 16.6. The van der Waals surface area contributed by atoms with Crippen LogP contribution in [0.4, 0.5) is 4.79 Å². The van der Waals surface area contributed by atoms with Crippen LogP contribution in [0.1, 0.15) is 5.56 Å². The summed E-state index contributed by atoms with van der Waals surface area (Å²) in [4.78, 5) is 24.0. The van der Waals surface area contributed by atoms with Gasteiger partial charge in [0, 0.05) is 7.11 Å². The van der Waals surface area contributed by atoms with E-state index in [9.17, 15) is 9.59 Å². The number of carboxylic acid groups (broad SMARTS) is 1. The molecule has 1 amide bonds. The lowest BCUT2D eigenvalue weighted by Crippen LogP contribution is -2.68. The van der Waals surface area contributed by atoms with E-state index in [-0.39, 0.29) is 19.7 Å². The molecular formula is C13H15NO5. The zero-order valence-corrected chi connectivity index (χ0v) is 10.5. The van der Waals surface area contributed by atoms with E-state index in [2.05, 4.69) is 0 Å². The van der Waals surface area contributed by atoms with Crippen molar-refractivity contribution in [2.45, 2.75) is 12.2 Å². The second kappa shape index (κ2) is 5.27. The van der Waals surface area contributed by atoms with Crippen LogP contribution in [-0.4, -0.2) is 47.9 Å². The van der Waals surface area contributed by atoms with E-state index in [1.807, 2.05) is 30.3 Å². The van der Waals surface area contributed by atoms with E-state index in [1.165, 1.54) is 12.0 Å². The Labute approximate surface area is 110 Å². The first kappa shape index (κ1) is 13.4. The maximum atomic E-state index is 11.7. The molecule has 102 valence electrons. The highest BCUT2D eigenvalue weighted by Gasteiger charge is 2.52. The Balaban J connectivity index is 1.82. The standard InChI is InChI=1S/C13H15NO5/c1-18-13(11(15)16)8-14(9-13)12(17)19-7-10-5-3-2-4-6-10/h2-6H,7-9H2,1H3,(H,15,16). The third kappa shape index (κ3) is 2.68. The van der Waals surface area contributed by atoms with Crippen molar-refractivity contribution in [1.29, 1.82) is 0 Å². The number of hydrogen-bond acceptors (Lipinski definition) is 4. The number of likely N-dealkylation sites (tertiary alicyclic amines) is 1. The smallest absolute Gasteiger partial charge is 0.410 e. The van der Waals surface area contributed by atoms with Gasteiger partial charge in [-0.05, 0) is 5.56 Å². The molecule has 1 N–H and O–H groups in total. The number of carboxylic acids is 1. The molecule has 0 bridgehead atoms. The number of ether oxygens (including phenoxy) is 2. The summed E-state index contributed by atoms with van der Waals surface area (Å²) >= 11 is 0. The lowest BCUT2D eigenvalue weighted by atomic mass is 9.95. The maximum absolute atomic E-state index is 11.7. The number of benzene rings is 1. The van der Waals surface area contributed by atoms with Crippen LogP contribution in [0.3, 0.4) is 0 Å². The number of methoxy groups -OCH3 is 1. The van der Waals surface area contributed by atoms with Crippen LogP contribution in [0.15, 0.2) is 30.3 Å². The van der Waals surface area contributed by atoms with Crippen LogP contribution >= 0.6 is 0 Å². The molecule has 1 saturated heterocycles. The Morgan fingerprint density at radius 1 is 1.32 bits per heavy atom. The van der Waals surface area contributed by atoms with Gasteiger partial charge in [0.2, 0.25) is 0 Å². The molecule has 1 aliphatic rings. The van der Waals surface area contributed by atoms with E-state index in [0.717, 1.165) is 5.56 Å². The highest BCUT2D eigenvalue weighted by molar-refractivity contribution is 5.83. The third-order valence-corrected chi connectivity index (χ3v) is 3.14. The molecule has 0 aliphatic carbocycles. The monoisotopic (exact) mass is 265 g/mol. The summed E-state index contributed by atoms with van der Waals surface area (Å²) in [7, 11) is 1.32. The molecule has 2 rings (SSSR count). The Kier molecular flexibility index (Phi) is 3.71. The van der Waals surface area contributed by atoms with E-state index in [1.54, 1.807) is 0 Å². The number of nitrogens with zero attached hydrogens (tertiary/aromatic N) is 1. The fraction of sp³-hybridized carbons (Fsp3) is 0.385. The fourth-order valence-electron chi connectivity index (χ4n) is 1.86. The molecule has 0 spiro atoms. The van der Waals surface area contributed by atoms with Crippen LogP contribution < -0.4 is 0 Å². The minimum atomic E-state index is -1.29. The summed E-state index contributed by atoms with van der Waals surface area (Å²) in [6, 6.07) is 9.28. The Hall–Kier alpha value is -2.08. The van der Waals surface area contributed by atoms with Crippen molar-refractivity contribution in [3.05, 3.63) is 35.9 Å². The number of aliphatic carboxylic acids is 1. The highest BCUT2D eigenvalue weighted by Crippen LogP contribution is 2.25. The van der Waals surface area contributed by atoms with Crippen molar-refractivity contribution in [3.8, 4) is 0 Å². The van der Waals surface area contributed by atoms with E-state index >= 15 is 0 Å². The Morgan fingerprint density at radius 3 is 2.47 bits per heavy atom. The van der Waals surface area contributed by atoms with Crippen LogP contribution in [0.25, 0.3) is 0 Å². The first-order valence-corrected chi connectivity index (χ1v) is 5.81. The van der Waals surface area contributed by atoms with E-state index in [0.29, 0.717) is 0 Å². The molecule has 1 fully saturated rings. The first-order valence-electron chi connectivity index (χ1n) is 5.81. The van der Waals surface area contributed by atoms with Gasteiger partial charge in [0.25, 0.3) is 0 Å². The molecule has 0 unspecified atom stereocenters. The van der Waals surface area contributed by atoms with Crippen molar-refractivity contribution in [2.75, 3.05) is 20.2 Å². The molecule has 1 aromatic carbocycles. The second-order valence-corrected chi connectivity index (χ2v) is 4.40. The van der Waals surface area contributed by atoms with E-state index in [4.69, 9.17) is 14.6 Å². The van der Waals surface area contributed by atoms with Gasteiger partial charge in [-0.2, -0.15) is 0 Å². The topological polar surface area (TPSA) is 76.1 Å². The summed E-state index contributed by atoms with van der Waals surface area (Å²) in [5.41, 5.74) is -0.404. The van der Waals surface area contributed by atoms with Crippen molar-refractivity contribution < 1.29 is 24.2 Å². The van der Waals surface area contributed by atoms with Gasteiger partial charge in [0.05, 0.1) is 13.1 Å². The summed E-state index contributed by atoms with van der Waals surface area (Å²) in [5, 5.41) is 8.99. The summed E-state index contributed by atoms with van der Waals surface area (Å²) in [5.74, 6) is -1.07. The molecular weight excluding hydrogens is 250 g/mol. The van der Waals surface area contributed by atoms with Crippen molar-refractivity contribution in [3.63, 3.8) is 0 Å². The predicted octanol–water partition coefficient (Wildman–Crippen LogP) is 1.11. The molecule has 19 heavy (non-hydrogen) atoms. The van der Waals surface area contributed by atoms with Gasteiger partial charge in [-0.25, -0.2) is 9.59 Å². The average Bonchev–Trinajstić information content (AvgIpc) is 2.36. The summed E-state index contributed by atoms with van der Waals surface area (Å²) < 4.78 is 10.0. The van der Waals surface area contributed by atoms with Crippen molar-refractivity contribution in [2.24, 2.45) is 0 Å². The molecule has 6 nitrogen and oxygen atoms in total. The molecule has 1 aliphatic heterocycles. The zero-order valence-electron chi connectivity index (χ0n) is 10.5. The van der Waals surface area contributed by atoms with Crippen LogP contribution in [0, 0.1) is 0 Å². The first-order chi connectivity index (χ1) is 9.07. The maximum Gasteiger partial charge on any atom is 0.410 e. The quantitative estimate of drug-likeness (QED) is 0.882. The number of rotatable bonds is 4. The van der Waals surface area contributed by atoms with Gasteiger partial charge in [0.1, 0.15) is 6.61 Å². The van der Waals surface area contributed by atoms with Crippen molar-refractivity contribution in [1.82, 2.24) is 4.90 Å². The van der Waals surface area contributed by atoms with Crippen LogP contribution in [0.2, 0.25) is 0 Å². The van der Waals surface area contributed by atoms with Crippen LogP contribution in [0.5, 0.6) is 0 Å². The number of hydrogen-bond donors (Lipinski definition) is 1. The molecule has 6 heteroatoms. The van der Waals surface area contributed by atoms with Gasteiger partial charge in [-0.15, -0.1) is 0 Å².